The largest absolute Gasteiger partial charge is 0.357 e. The van der Waals surface area contributed by atoms with E-state index >= 15 is 0 Å². The first kappa shape index (κ1) is 22.6. The molecule has 0 saturated carbocycles. The van der Waals surface area contributed by atoms with Crippen LogP contribution in [0.4, 0.5) is 4.79 Å². The zero-order chi connectivity index (χ0) is 21.6. The third-order valence-corrected chi connectivity index (χ3v) is 6.68. The van der Waals surface area contributed by atoms with Crippen molar-refractivity contribution in [1.82, 2.24) is 25.3 Å². The van der Waals surface area contributed by atoms with Gasteiger partial charge in [-0.05, 0) is 38.1 Å². The molecule has 9 heteroatoms. The molecule has 0 radical (unpaired) electrons. The Bertz CT molecular complexity index is 745. The number of carbonyl (C=O) groups excluding carboxylic acids is 2. The minimum absolute atomic E-state index is 0.132. The first-order valence-corrected chi connectivity index (χ1v) is 11.8. The van der Waals surface area contributed by atoms with Crippen LogP contribution in [-0.4, -0.2) is 83.9 Å². The summed E-state index contributed by atoms with van der Waals surface area (Å²) in [4.78, 5) is 36.9. The van der Waals surface area contributed by atoms with Crippen molar-refractivity contribution in [3.63, 3.8) is 0 Å². The highest BCUT2D eigenvalue weighted by Gasteiger charge is 2.45. The van der Waals surface area contributed by atoms with Crippen molar-refractivity contribution >= 4 is 29.2 Å². The molecule has 0 aromatic carbocycles. The average Bonchev–Trinajstić information content (AvgIpc) is 3.32. The second kappa shape index (κ2) is 10.3. The first-order chi connectivity index (χ1) is 14.5. The normalized spacial score (nSPS) is 23.2. The maximum atomic E-state index is 12.5. The summed E-state index contributed by atoms with van der Waals surface area (Å²) in [6, 6.07) is 4.01. The van der Waals surface area contributed by atoms with Gasteiger partial charge in [-0.3, -0.25) is 19.6 Å². The van der Waals surface area contributed by atoms with E-state index in [2.05, 4.69) is 44.9 Å². The fraction of sp³-hybridized carbons (Fsp3) is 0.667. The summed E-state index contributed by atoms with van der Waals surface area (Å²) in [6.45, 7) is 12.5. The van der Waals surface area contributed by atoms with Gasteiger partial charge in [0, 0.05) is 57.2 Å². The maximum Gasteiger partial charge on any atom is 0.325 e. The Hall–Kier alpha value is -2.13. The van der Waals surface area contributed by atoms with Crippen LogP contribution in [0.15, 0.2) is 22.5 Å². The Kier molecular flexibility index (Phi) is 7.71. The van der Waals surface area contributed by atoms with Gasteiger partial charge in [-0.15, -0.1) is 11.3 Å². The van der Waals surface area contributed by atoms with Gasteiger partial charge >= 0.3 is 6.03 Å². The van der Waals surface area contributed by atoms with Crippen LogP contribution in [0.2, 0.25) is 0 Å². The number of amides is 3. The minimum Gasteiger partial charge on any atom is -0.357 e. The fourth-order valence-corrected chi connectivity index (χ4v) is 4.52. The second-order valence-corrected chi connectivity index (χ2v) is 9.04. The number of urea groups is 1. The molecule has 1 atom stereocenters. The highest BCUT2D eigenvalue weighted by molar-refractivity contribution is 7.09. The average molecular weight is 435 g/mol. The predicted octanol–water partition coefficient (Wildman–Crippen LogP) is 1.94. The molecule has 1 aromatic rings. The van der Waals surface area contributed by atoms with Crippen LogP contribution in [0.5, 0.6) is 0 Å². The van der Waals surface area contributed by atoms with Crippen molar-refractivity contribution in [3.8, 4) is 0 Å². The Morgan fingerprint density at radius 3 is 2.63 bits per heavy atom. The summed E-state index contributed by atoms with van der Waals surface area (Å²) in [7, 11) is 0. The summed E-state index contributed by atoms with van der Waals surface area (Å²) in [5, 5.41) is 8.31. The minimum atomic E-state index is -0.766. The Morgan fingerprint density at radius 2 is 2.03 bits per heavy atom. The van der Waals surface area contributed by atoms with E-state index in [0.717, 1.165) is 45.2 Å². The number of nitrogens with one attached hydrogen (secondary N) is 2. The zero-order valence-electron chi connectivity index (χ0n) is 18.3. The van der Waals surface area contributed by atoms with Crippen LogP contribution >= 0.6 is 11.3 Å². The molecule has 0 bridgehead atoms. The lowest BCUT2D eigenvalue weighted by atomic mass is 9.99. The first-order valence-electron chi connectivity index (χ1n) is 10.9. The SMILES string of the molecule is CCNC(=NCCCN1C(=O)NC(C)(CC)C1=O)N1CCN(Cc2cccs2)CC1. The van der Waals surface area contributed by atoms with Crippen LogP contribution in [0.25, 0.3) is 0 Å². The van der Waals surface area contributed by atoms with E-state index in [1.54, 1.807) is 6.92 Å². The standard InChI is InChI=1S/C21H34N6O2S/c1-4-21(3)18(28)27(20(29)24-21)10-7-9-23-19(22-5-2)26-13-11-25(12-14-26)16-17-8-6-15-30-17/h6,8,15H,4-5,7,9-14,16H2,1-3H3,(H,22,23)(H,24,29). The number of hydrogen-bond acceptors (Lipinski definition) is 5. The molecule has 3 heterocycles. The third kappa shape index (κ3) is 5.31. The topological polar surface area (TPSA) is 80.3 Å². The van der Waals surface area contributed by atoms with Gasteiger partial charge in [0.1, 0.15) is 5.54 Å². The zero-order valence-corrected chi connectivity index (χ0v) is 19.1. The molecule has 1 unspecified atom stereocenters. The Labute approximate surface area is 183 Å². The molecule has 2 N–H and O–H groups in total. The maximum absolute atomic E-state index is 12.5. The van der Waals surface area contributed by atoms with E-state index in [1.165, 1.54) is 9.78 Å². The number of piperazine rings is 1. The van der Waals surface area contributed by atoms with E-state index < -0.39 is 5.54 Å². The van der Waals surface area contributed by atoms with Crippen molar-refractivity contribution in [1.29, 1.82) is 0 Å². The summed E-state index contributed by atoms with van der Waals surface area (Å²) in [5.74, 6) is 0.789. The van der Waals surface area contributed by atoms with E-state index in [-0.39, 0.29) is 11.9 Å². The van der Waals surface area contributed by atoms with Gasteiger partial charge in [0.15, 0.2) is 5.96 Å². The molecule has 0 spiro atoms. The molecule has 3 amide bonds. The van der Waals surface area contributed by atoms with Crippen LogP contribution in [-0.2, 0) is 11.3 Å². The molecular formula is C21H34N6O2S. The van der Waals surface area contributed by atoms with Gasteiger partial charge in [-0.1, -0.05) is 13.0 Å². The van der Waals surface area contributed by atoms with E-state index in [4.69, 9.17) is 4.99 Å². The van der Waals surface area contributed by atoms with Crippen molar-refractivity contribution in [2.45, 2.75) is 45.7 Å². The molecular weight excluding hydrogens is 400 g/mol. The third-order valence-electron chi connectivity index (χ3n) is 5.82. The summed E-state index contributed by atoms with van der Waals surface area (Å²) < 4.78 is 0. The molecule has 2 aliphatic rings. The van der Waals surface area contributed by atoms with Crippen molar-refractivity contribution in [2.75, 3.05) is 45.8 Å². The molecule has 2 fully saturated rings. The number of rotatable bonds is 8. The number of guanidine groups is 1. The molecule has 1 aromatic heterocycles. The van der Waals surface area contributed by atoms with Gasteiger partial charge in [-0.25, -0.2) is 4.79 Å². The quantitative estimate of drug-likeness (QED) is 0.283. The van der Waals surface area contributed by atoms with Crippen LogP contribution in [0, 0.1) is 0 Å². The van der Waals surface area contributed by atoms with Crippen molar-refractivity contribution in [3.05, 3.63) is 22.4 Å². The Balaban J connectivity index is 1.47. The van der Waals surface area contributed by atoms with Gasteiger partial charge < -0.3 is 15.5 Å². The number of carbonyl (C=O) groups is 2. The van der Waals surface area contributed by atoms with Crippen LogP contribution < -0.4 is 10.6 Å². The van der Waals surface area contributed by atoms with Crippen molar-refractivity contribution in [2.24, 2.45) is 4.99 Å². The van der Waals surface area contributed by atoms with Gasteiger partial charge in [-0.2, -0.15) is 0 Å². The molecule has 30 heavy (non-hydrogen) atoms. The van der Waals surface area contributed by atoms with E-state index in [0.29, 0.717) is 25.9 Å². The van der Waals surface area contributed by atoms with E-state index in [1.807, 2.05) is 18.3 Å². The fourth-order valence-electron chi connectivity index (χ4n) is 3.77. The number of nitrogens with zero attached hydrogens (tertiary/aromatic N) is 4. The summed E-state index contributed by atoms with van der Waals surface area (Å²) in [5.41, 5.74) is -0.766. The lowest BCUT2D eigenvalue weighted by Gasteiger charge is -2.36. The van der Waals surface area contributed by atoms with Crippen LogP contribution in [0.3, 0.4) is 0 Å². The predicted molar refractivity (Wildman–Crippen MR) is 121 cm³/mol. The highest BCUT2D eigenvalue weighted by Crippen LogP contribution is 2.20. The van der Waals surface area contributed by atoms with Crippen LogP contribution in [0.1, 0.15) is 38.5 Å². The molecule has 0 aliphatic carbocycles. The van der Waals surface area contributed by atoms with Gasteiger partial charge in [0.25, 0.3) is 5.91 Å². The Morgan fingerprint density at radius 1 is 1.27 bits per heavy atom. The molecule has 8 nitrogen and oxygen atoms in total. The monoisotopic (exact) mass is 434 g/mol. The number of hydrogen-bond donors (Lipinski definition) is 2. The lowest BCUT2D eigenvalue weighted by Crippen LogP contribution is -2.52. The van der Waals surface area contributed by atoms with Crippen molar-refractivity contribution < 1.29 is 9.59 Å². The highest BCUT2D eigenvalue weighted by atomic mass is 32.1. The molecule has 2 aliphatic heterocycles. The summed E-state index contributed by atoms with van der Waals surface area (Å²) >= 11 is 1.81. The second-order valence-electron chi connectivity index (χ2n) is 8.00. The number of imide groups is 1. The number of thiophene rings is 1. The van der Waals surface area contributed by atoms with Gasteiger partial charge in [0.05, 0.1) is 0 Å². The van der Waals surface area contributed by atoms with Gasteiger partial charge in [0.2, 0.25) is 0 Å². The molecule has 2 saturated heterocycles. The molecule has 3 rings (SSSR count). The smallest absolute Gasteiger partial charge is 0.325 e. The summed E-state index contributed by atoms with van der Waals surface area (Å²) in [6.07, 6.45) is 1.25. The lowest BCUT2D eigenvalue weighted by molar-refractivity contribution is -0.130. The number of aliphatic imine (C=N–C) groups is 1. The molecule has 166 valence electrons. The van der Waals surface area contributed by atoms with E-state index in [9.17, 15) is 9.59 Å².